The Morgan fingerprint density at radius 3 is 2.67 bits per heavy atom. The van der Waals surface area contributed by atoms with Crippen LogP contribution in [0.2, 0.25) is 10.0 Å². The van der Waals surface area contributed by atoms with Gasteiger partial charge in [0.1, 0.15) is 5.82 Å². The van der Waals surface area contributed by atoms with E-state index in [1.165, 1.54) is 11.1 Å². The highest BCUT2D eigenvalue weighted by atomic mass is 35.5. The smallest absolute Gasteiger partial charge is 0.148 e. The highest BCUT2D eigenvalue weighted by molar-refractivity contribution is 6.36. The molecule has 0 radical (unpaired) electrons. The summed E-state index contributed by atoms with van der Waals surface area (Å²) >= 11 is 12.0. The van der Waals surface area contributed by atoms with Crippen LogP contribution in [0, 0.1) is 0 Å². The molecule has 2 N–H and O–H groups in total. The minimum absolute atomic E-state index is 0.546. The predicted octanol–water partition coefficient (Wildman–Crippen LogP) is 3.49. The van der Waals surface area contributed by atoms with Gasteiger partial charge < -0.3 is 10.6 Å². The number of anilines is 2. The van der Waals surface area contributed by atoms with Gasteiger partial charge in [-0.2, -0.15) is 0 Å². The summed E-state index contributed by atoms with van der Waals surface area (Å²) in [6.07, 6.45) is 1.61. The van der Waals surface area contributed by atoms with E-state index < -0.39 is 0 Å². The summed E-state index contributed by atoms with van der Waals surface area (Å²) < 4.78 is 0. The number of pyridine rings is 1. The van der Waals surface area contributed by atoms with Crippen LogP contribution >= 0.6 is 23.2 Å². The molecule has 3 nitrogen and oxygen atoms in total. The molecule has 0 amide bonds. The number of rotatable bonds is 1. The second-order valence-electron chi connectivity index (χ2n) is 4.34. The topological polar surface area (TPSA) is 42.1 Å². The molecular formula is C13H11Cl2N3. The number of hydrogen-bond donors (Lipinski definition) is 1. The first-order chi connectivity index (χ1) is 8.63. The first-order valence-corrected chi connectivity index (χ1v) is 6.32. The molecule has 0 atom stereocenters. The van der Waals surface area contributed by atoms with Crippen LogP contribution in [0.5, 0.6) is 0 Å². The van der Waals surface area contributed by atoms with Gasteiger partial charge in [-0.3, -0.25) is 0 Å². The minimum atomic E-state index is 0.546. The first-order valence-electron chi connectivity index (χ1n) is 5.57. The van der Waals surface area contributed by atoms with Crippen molar-refractivity contribution < 1.29 is 0 Å². The molecule has 0 spiro atoms. The Kier molecular flexibility index (Phi) is 2.80. The third-order valence-electron chi connectivity index (χ3n) is 3.04. The van der Waals surface area contributed by atoms with E-state index >= 15 is 0 Å². The second-order valence-corrected chi connectivity index (χ2v) is 5.19. The standard InChI is InChI=1S/C13H11Cl2N3/c14-10-4-12(15)13(17-5-10)18-6-8-1-2-11(16)3-9(8)7-18/h1-5H,6-7,16H2. The number of benzene rings is 1. The van der Waals surface area contributed by atoms with E-state index in [1.807, 2.05) is 12.1 Å². The van der Waals surface area contributed by atoms with Crippen LogP contribution < -0.4 is 10.6 Å². The van der Waals surface area contributed by atoms with Crippen LogP contribution in [-0.4, -0.2) is 4.98 Å². The molecule has 3 rings (SSSR count). The zero-order chi connectivity index (χ0) is 12.7. The Hall–Kier alpha value is -1.45. The van der Waals surface area contributed by atoms with Crippen molar-refractivity contribution in [3.05, 3.63) is 51.6 Å². The molecule has 2 aromatic rings. The predicted molar refractivity (Wildman–Crippen MR) is 75.0 cm³/mol. The van der Waals surface area contributed by atoms with Gasteiger partial charge in [0.2, 0.25) is 0 Å². The SMILES string of the molecule is Nc1ccc2c(c1)CN(c1ncc(Cl)cc1Cl)C2. The average Bonchev–Trinajstić information content (AvgIpc) is 2.71. The van der Waals surface area contributed by atoms with Gasteiger partial charge in [-0.15, -0.1) is 0 Å². The summed E-state index contributed by atoms with van der Waals surface area (Å²) in [7, 11) is 0. The summed E-state index contributed by atoms with van der Waals surface area (Å²) in [6.45, 7) is 1.57. The van der Waals surface area contributed by atoms with Crippen molar-refractivity contribution in [2.24, 2.45) is 0 Å². The molecule has 5 heteroatoms. The summed E-state index contributed by atoms with van der Waals surface area (Å²) in [6, 6.07) is 7.68. The van der Waals surface area contributed by atoms with Gasteiger partial charge in [-0.1, -0.05) is 29.3 Å². The van der Waals surface area contributed by atoms with Crippen LogP contribution in [-0.2, 0) is 13.1 Å². The molecule has 92 valence electrons. The van der Waals surface area contributed by atoms with E-state index in [1.54, 1.807) is 12.3 Å². The maximum atomic E-state index is 6.17. The third kappa shape index (κ3) is 2.00. The van der Waals surface area contributed by atoms with E-state index in [2.05, 4.69) is 16.0 Å². The quantitative estimate of drug-likeness (QED) is 0.813. The normalized spacial score (nSPS) is 13.8. The number of hydrogen-bond acceptors (Lipinski definition) is 3. The van der Waals surface area contributed by atoms with Crippen LogP contribution in [0.4, 0.5) is 11.5 Å². The van der Waals surface area contributed by atoms with Gasteiger partial charge in [0.25, 0.3) is 0 Å². The van der Waals surface area contributed by atoms with Crippen molar-refractivity contribution in [2.45, 2.75) is 13.1 Å². The van der Waals surface area contributed by atoms with Crippen molar-refractivity contribution in [3.63, 3.8) is 0 Å². The van der Waals surface area contributed by atoms with E-state index in [0.29, 0.717) is 10.0 Å². The molecule has 1 aliphatic rings. The van der Waals surface area contributed by atoms with Gasteiger partial charge in [-0.05, 0) is 29.3 Å². The molecule has 1 aliphatic heterocycles. The fraction of sp³-hybridized carbons (Fsp3) is 0.154. The lowest BCUT2D eigenvalue weighted by Gasteiger charge is -2.17. The highest BCUT2D eigenvalue weighted by Crippen LogP contribution is 2.33. The monoisotopic (exact) mass is 279 g/mol. The zero-order valence-electron chi connectivity index (χ0n) is 9.53. The molecule has 1 aromatic heterocycles. The number of halogens is 2. The number of fused-ring (bicyclic) bond motifs is 1. The van der Waals surface area contributed by atoms with Gasteiger partial charge in [0.05, 0.1) is 10.0 Å². The lowest BCUT2D eigenvalue weighted by Crippen LogP contribution is -2.16. The average molecular weight is 280 g/mol. The molecule has 18 heavy (non-hydrogen) atoms. The van der Waals surface area contributed by atoms with E-state index in [4.69, 9.17) is 28.9 Å². The number of nitrogen functional groups attached to an aromatic ring is 1. The molecule has 1 aromatic carbocycles. The highest BCUT2D eigenvalue weighted by Gasteiger charge is 2.22. The summed E-state index contributed by atoms with van der Waals surface area (Å²) in [4.78, 5) is 6.41. The van der Waals surface area contributed by atoms with Gasteiger partial charge in [0.15, 0.2) is 0 Å². The maximum Gasteiger partial charge on any atom is 0.148 e. The zero-order valence-corrected chi connectivity index (χ0v) is 11.0. The lowest BCUT2D eigenvalue weighted by molar-refractivity contribution is 0.857. The Morgan fingerprint density at radius 1 is 1.11 bits per heavy atom. The third-order valence-corrected chi connectivity index (χ3v) is 3.53. The minimum Gasteiger partial charge on any atom is -0.399 e. The van der Waals surface area contributed by atoms with Crippen molar-refractivity contribution >= 4 is 34.7 Å². The Balaban J connectivity index is 1.93. The van der Waals surface area contributed by atoms with Crippen molar-refractivity contribution in [1.82, 2.24) is 4.98 Å². The maximum absolute atomic E-state index is 6.17. The van der Waals surface area contributed by atoms with Crippen LogP contribution in [0.15, 0.2) is 30.5 Å². The van der Waals surface area contributed by atoms with Crippen molar-refractivity contribution in [1.29, 1.82) is 0 Å². The molecule has 0 aliphatic carbocycles. The molecule has 0 unspecified atom stereocenters. The largest absolute Gasteiger partial charge is 0.399 e. The van der Waals surface area contributed by atoms with Gasteiger partial charge in [0, 0.05) is 25.0 Å². The number of nitrogens with two attached hydrogens (primary N) is 1. The molecule has 0 saturated heterocycles. The fourth-order valence-electron chi connectivity index (χ4n) is 2.20. The van der Waals surface area contributed by atoms with Crippen LogP contribution in [0.1, 0.15) is 11.1 Å². The lowest BCUT2D eigenvalue weighted by atomic mass is 10.1. The van der Waals surface area contributed by atoms with Crippen molar-refractivity contribution in [2.75, 3.05) is 10.6 Å². The second kappa shape index (κ2) is 4.34. The summed E-state index contributed by atoms with van der Waals surface area (Å²) in [5.74, 6) is 0.760. The molecule has 0 fully saturated rings. The van der Waals surface area contributed by atoms with E-state index in [9.17, 15) is 0 Å². The Morgan fingerprint density at radius 2 is 1.89 bits per heavy atom. The van der Waals surface area contributed by atoms with Crippen LogP contribution in [0.25, 0.3) is 0 Å². The number of aromatic nitrogens is 1. The Labute approximate surface area is 115 Å². The first kappa shape index (κ1) is 11.6. The number of nitrogens with zero attached hydrogens (tertiary/aromatic N) is 2. The summed E-state index contributed by atoms with van der Waals surface area (Å²) in [5.41, 5.74) is 9.06. The van der Waals surface area contributed by atoms with E-state index in [0.717, 1.165) is 24.6 Å². The van der Waals surface area contributed by atoms with Crippen molar-refractivity contribution in [3.8, 4) is 0 Å². The molecular weight excluding hydrogens is 269 g/mol. The van der Waals surface area contributed by atoms with Gasteiger partial charge in [-0.25, -0.2) is 4.98 Å². The van der Waals surface area contributed by atoms with E-state index in [-0.39, 0.29) is 0 Å². The van der Waals surface area contributed by atoms with Gasteiger partial charge >= 0.3 is 0 Å². The summed E-state index contributed by atoms with van der Waals surface area (Å²) in [5, 5.41) is 1.12. The fourth-order valence-corrected chi connectivity index (χ4v) is 2.70. The molecule has 0 saturated carbocycles. The Bertz CT molecular complexity index is 613. The molecule has 2 heterocycles. The van der Waals surface area contributed by atoms with Crippen LogP contribution in [0.3, 0.4) is 0 Å². The molecule has 0 bridgehead atoms.